The zero-order valence-electron chi connectivity index (χ0n) is 13.7. The minimum absolute atomic E-state index is 0.390. The molecule has 20 heavy (non-hydrogen) atoms. The Kier molecular flexibility index (Phi) is 4.73. The molecule has 2 aliphatic rings. The summed E-state index contributed by atoms with van der Waals surface area (Å²) >= 11 is 3.72. The van der Waals surface area contributed by atoms with Crippen molar-refractivity contribution < 1.29 is 0 Å². The predicted molar refractivity (Wildman–Crippen MR) is 91.8 cm³/mol. The number of halogens is 1. The van der Waals surface area contributed by atoms with Gasteiger partial charge in [0.25, 0.3) is 0 Å². The molecule has 2 rings (SSSR count). The molecule has 1 heterocycles. The third-order valence-corrected chi connectivity index (χ3v) is 5.30. The number of hydrogen-bond acceptors (Lipinski definition) is 1. The zero-order chi connectivity index (χ0) is 15.0. The predicted octanol–water partition coefficient (Wildman–Crippen LogP) is 5.77. The van der Waals surface area contributed by atoms with Gasteiger partial charge in [-0.1, -0.05) is 63.0 Å². The fourth-order valence-electron chi connectivity index (χ4n) is 4.36. The smallest absolute Gasteiger partial charge is 0.0263 e. The van der Waals surface area contributed by atoms with E-state index in [2.05, 4.69) is 68.0 Å². The summed E-state index contributed by atoms with van der Waals surface area (Å²) < 4.78 is 1.35. The van der Waals surface area contributed by atoms with Gasteiger partial charge in [-0.05, 0) is 47.1 Å². The number of nitrogens with one attached hydrogen (secondary N) is 1. The van der Waals surface area contributed by atoms with Crippen molar-refractivity contribution in [2.75, 3.05) is 0 Å². The van der Waals surface area contributed by atoms with Crippen LogP contribution in [0.15, 0.2) is 22.3 Å². The van der Waals surface area contributed by atoms with Crippen LogP contribution >= 0.6 is 15.9 Å². The van der Waals surface area contributed by atoms with Gasteiger partial charge in [-0.25, -0.2) is 0 Å². The number of rotatable bonds is 3. The van der Waals surface area contributed by atoms with Gasteiger partial charge in [0.15, 0.2) is 0 Å². The second kappa shape index (κ2) is 5.87. The monoisotopic (exact) mass is 339 g/mol. The highest BCUT2D eigenvalue weighted by atomic mass is 79.9. The number of piperidine rings is 1. The molecule has 1 N–H and O–H groups in total. The van der Waals surface area contributed by atoms with Crippen LogP contribution in [0, 0.1) is 16.7 Å². The molecule has 0 aromatic rings. The Morgan fingerprint density at radius 2 is 2.05 bits per heavy atom. The minimum Gasteiger partial charge on any atom is -0.385 e. The number of allylic oxidation sites excluding steroid dienone is 4. The van der Waals surface area contributed by atoms with Gasteiger partial charge < -0.3 is 5.32 Å². The van der Waals surface area contributed by atoms with Crippen molar-refractivity contribution >= 4 is 15.9 Å². The van der Waals surface area contributed by atoms with Crippen LogP contribution in [-0.2, 0) is 0 Å². The highest BCUT2D eigenvalue weighted by molar-refractivity contribution is 9.11. The molecule has 1 fully saturated rings. The van der Waals surface area contributed by atoms with Gasteiger partial charge in [-0.15, -0.1) is 0 Å². The summed E-state index contributed by atoms with van der Waals surface area (Å²) in [4.78, 5) is 0. The topological polar surface area (TPSA) is 12.0 Å². The fourth-order valence-corrected chi connectivity index (χ4v) is 4.82. The molecule has 0 aromatic carbocycles. The van der Waals surface area contributed by atoms with E-state index in [4.69, 9.17) is 0 Å². The van der Waals surface area contributed by atoms with Gasteiger partial charge in [-0.3, -0.25) is 0 Å². The van der Waals surface area contributed by atoms with E-state index in [1.54, 1.807) is 0 Å². The normalized spacial score (nSPS) is 33.9. The molecule has 3 unspecified atom stereocenters. The summed E-state index contributed by atoms with van der Waals surface area (Å²) in [5.74, 6) is 0.647. The first kappa shape index (κ1) is 16.1. The Hall–Kier alpha value is -0.240. The highest BCUT2D eigenvalue weighted by Crippen LogP contribution is 2.52. The van der Waals surface area contributed by atoms with Gasteiger partial charge in [0.2, 0.25) is 0 Å². The van der Waals surface area contributed by atoms with Crippen molar-refractivity contribution in [1.82, 2.24) is 5.32 Å². The number of hydrogen-bond donors (Lipinski definition) is 1. The third kappa shape index (κ3) is 3.69. The molecule has 3 atom stereocenters. The lowest BCUT2D eigenvalue weighted by Crippen LogP contribution is -2.49. The largest absolute Gasteiger partial charge is 0.385 e. The van der Waals surface area contributed by atoms with Crippen LogP contribution in [0.25, 0.3) is 0 Å². The maximum atomic E-state index is 3.81. The van der Waals surface area contributed by atoms with Crippen molar-refractivity contribution in [3.8, 4) is 0 Å². The van der Waals surface area contributed by atoms with Crippen molar-refractivity contribution in [3.05, 3.63) is 22.3 Å². The Bertz CT molecular complexity index is 416. The quantitative estimate of drug-likeness (QED) is 0.687. The van der Waals surface area contributed by atoms with E-state index < -0.39 is 0 Å². The van der Waals surface area contributed by atoms with Crippen LogP contribution in [0.5, 0.6) is 0 Å². The molecule has 0 bridgehead atoms. The van der Waals surface area contributed by atoms with E-state index >= 15 is 0 Å². The van der Waals surface area contributed by atoms with E-state index in [-0.39, 0.29) is 0 Å². The summed E-state index contributed by atoms with van der Waals surface area (Å²) in [5, 5.41) is 3.81. The molecule has 0 aromatic heterocycles. The summed E-state index contributed by atoms with van der Waals surface area (Å²) in [5.41, 5.74) is 2.27. The van der Waals surface area contributed by atoms with Crippen LogP contribution in [0.4, 0.5) is 0 Å². The molecule has 2 heteroatoms. The summed E-state index contributed by atoms with van der Waals surface area (Å²) in [7, 11) is 0. The highest BCUT2D eigenvalue weighted by Gasteiger charge is 2.45. The lowest BCUT2D eigenvalue weighted by molar-refractivity contribution is 0.0734. The maximum absolute atomic E-state index is 3.81. The Morgan fingerprint density at radius 3 is 2.65 bits per heavy atom. The first-order valence-corrected chi connectivity index (χ1v) is 8.85. The summed E-state index contributed by atoms with van der Waals surface area (Å²) in [6.07, 6.45) is 10.8. The molecule has 1 aliphatic carbocycles. The molecule has 0 radical (unpaired) electrons. The standard InChI is InChI=1S/C18H30BrN/c1-6-7-14-11-18(5,12-17(2,3)4)15-10-13(19)8-9-16(15)20-14/h8-9,14-15,20H,6-7,10-12H2,1-5H3. The summed E-state index contributed by atoms with van der Waals surface area (Å²) in [6.45, 7) is 12.0. The Balaban J connectivity index is 2.28. The third-order valence-electron chi connectivity index (χ3n) is 4.71. The maximum Gasteiger partial charge on any atom is 0.0263 e. The molecule has 1 nitrogen and oxygen atoms in total. The van der Waals surface area contributed by atoms with Crippen LogP contribution in [-0.4, -0.2) is 6.04 Å². The average molecular weight is 340 g/mol. The van der Waals surface area contributed by atoms with Gasteiger partial charge in [0, 0.05) is 17.7 Å². The van der Waals surface area contributed by atoms with Gasteiger partial charge in [-0.2, -0.15) is 0 Å². The van der Waals surface area contributed by atoms with Crippen LogP contribution in [0.3, 0.4) is 0 Å². The van der Waals surface area contributed by atoms with Gasteiger partial charge in [0.1, 0.15) is 0 Å². The van der Waals surface area contributed by atoms with Crippen molar-refractivity contribution in [1.29, 1.82) is 0 Å². The molecule has 1 aliphatic heterocycles. The summed E-state index contributed by atoms with van der Waals surface area (Å²) in [6, 6.07) is 0.653. The Labute approximate surface area is 133 Å². The van der Waals surface area contributed by atoms with Gasteiger partial charge >= 0.3 is 0 Å². The molecule has 0 spiro atoms. The van der Waals surface area contributed by atoms with Crippen LogP contribution in [0.1, 0.15) is 66.7 Å². The zero-order valence-corrected chi connectivity index (χ0v) is 15.3. The first-order chi connectivity index (χ1) is 9.23. The molecular weight excluding hydrogens is 310 g/mol. The van der Waals surface area contributed by atoms with Crippen molar-refractivity contribution in [2.45, 2.75) is 72.8 Å². The molecule has 114 valence electrons. The lowest BCUT2D eigenvalue weighted by atomic mass is 9.60. The lowest BCUT2D eigenvalue weighted by Gasteiger charge is -2.50. The van der Waals surface area contributed by atoms with Crippen molar-refractivity contribution in [3.63, 3.8) is 0 Å². The molecular formula is C18H30BrN. The average Bonchev–Trinajstić information content (AvgIpc) is 2.28. The fraction of sp³-hybridized carbons (Fsp3) is 0.778. The van der Waals surface area contributed by atoms with E-state index in [0.29, 0.717) is 22.8 Å². The minimum atomic E-state index is 0.390. The van der Waals surface area contributed by atoms with E-state index in [0.717, 1.165) is 6.42 Å². The molecule has 1 saturated heterocycles. The van der Waals surface area contributed by atoms with E-state index in [1.165, 1.54) is 35.9 Å². The Morgan fingerprint density at radius 1 is 1.35 bits per heavy atom. The second-order valence-electron chi connectivity index (χ2n) is 8.22. The second-order valence-corrected chi connectivity index (χ2v) is 9.24. The SMILES string of the molecule is CCCC1CC(C)(CC(C)(C)C)C2CC(Br)=CC=C2N1. The molecule has 0 amide bonds. The van der Waals surface area contributed by atoms with E-state index in [9.17, 15) is 0 Å². The van der Waals surface area contributed by atoms with Crippen molar-refractivity contribution in [2.24, 2.45) is 16.7 Å². The van der Waals surface area contributed by atoms with Gasteiger partial charge in [0.05, 0.1) is 0 Å². The van der Waals surface area contributed by atoms with Crippen LogP contribution in [0.2, 0.25) is 0 Å². The van der Waals surface area contributed by atoms with Crippen LogP contribution < -0.4 is 5.32 Å². The first-order valence-electron chi connectivity index (χ1n) is 8.06. The molecule has 0 saturated carbocycles. The number of fused-ring (bicyclic) bond motifs is 1. The van der Waals surface area contributed by atoms with E-state index in [1.807, 2.05) is 0 Å².